The van der Waals surface area contributed by atoms with E-state index in [9.17, 15) is 27.2 Å². The van der Waals surface area contributed by atoms with E-state index in [4.69, 9.17) is 0 Å². The minimum absolute atomic E-state index is 0.0345. The fraction of sp³-hybridized carbons (Fsp3) is 0.0833. The Morgan fingerprint density at radius 1 is 0.939 bits per heavy atom. The number of fused-ring (bicyclic) bond motifs is 1. The van der Waals surface area contributed by atoms with Crippen LogP contribution in [0.4, 0.5) is 28.9 Å². The zero-order chi connectivity index (χ0) is 23.8. The fourth-order valence-electron chi connectivity index (χ4n) is 3.30. The lowest BCUT2D eigenvalue weighted by atomic mass is 10.0. The highest BCUT2D eigenvalue weighted by molar-refractivity contribution is 7.21. The van der Waals surface area contributed by atoms with Gasteiger partial charge >= 0.3 is 12.1 Å². The molecule has 0 aliphatic rings. The van der Waals surface area contributed by atoms with Crippen LogP contribution in [-0.4, -0.2) is 25.0 Å². The number of rotatable bonds is 4. The summed E-state index contributed by atoms with van der Waals surface area (Å²) in [4.78, 5) is 26.0. The standard InChI is InChI=1S/C24H16F4N2O2S/c1-30(17-11-9-16(10-12-17)29-23(32)24(26,27)28)22(31)21-13-19-18(3-2-4-20(19)33-21)14-5-7-15(25)8-6-14/h2-13H,1H3,(H,29,32). The minimum Gasteiger partial charge on any atom is -0.318 e. The zero-order valence-electron chi connectivity index (χ0n) is 17.1. The zero-order valence-corrected chi connectivity index (χ0v) is 17.9. The topological polar surface area (TPSA) is 49.4 Å². The monoisotopic (exact) mass is 472 g/mol. The van der Waals surface area contributed by atoms with E-state index in [0.717, 1.165) is 21.2 Å². The van der Waals surface area contributed by atoms with Gasteiger partial charge in [0, 0.05) is 28.5 Å². The normalized spacial score (nSPS) is 11.4. The molecular formula is C24H16F4N2O2S. The molecule has 2 amide bonds. The Labute approximate surface area is 190 Å². The quantitative estimate of drug-likeness (QED) is 0.346. The number of nitrogens with zero attached hydrogens (tertiary/aromatic N) is 1. The average molecular weight is 472 g/mol. The molecule has 0 spiro atoms. The van der Waals surface area contributed by atoms with Crippen molar-refractivity contribution < 1.29 is 27.2 Å². The third-order valence-corrected chi connectivity index (χ3v) is 6.09. The lowest BCUT2D eigenvalue weighted by Gasteiger charge is -2.17. The Morgan fingerprint density at radius 3 is 2.24 bits per heavy atom. The summed E-state index contributed by atoms with van der Waals surface area (Å²) in [6.45, 7) is 0. The molecule has 9 heteroatoms. The van der Waals surface area contributed by atoms with Gasteiger partial charge in [0.2, 0.25) is 0 Å². The van der Waals surface area contributed by atoms with Crippen LogP contribution in [0.3, 0.4) is 0 Å². The van der Waals surface area contributed by atoms with Gasteiger partial charge in [0.15, 0.2) is 0 Å². The van der Waals surface area contributed by atoms with Gasteiger partial charge in [0.05, 0.1) is 4.88 Å². The Bertz CT molecular complexity index is 1330. The summed E-state index contributed by atoms with van der Waals surface area (Å²) in [5.41, 5.74) is 2.10. The van der Waals surface area contributed by atoms with Crippen molar-refractivity contribution in [3.05, 3.63) is 83.5 Å². The molecule has 0 atom stereocenters. The van der Waals surface area contributed by atoms with Crippen LogP contribution in [0.25, 0.3) is 21.2 Å². The first-order valence-electron chi connectivity index (χ1n) is 9.68. The van der Waals surface area contributed by atoms with Crippen LogP contribution in [0.2, 0.25) is 0 Å². The number of alkyl halides is 3. The number of carbonyl (C=O) groups is 2. The molecule has 1 heterocycles. The van der Waals surface area contributed by atoms with E-state index in [0.29, 0.717) is 10.6 Å². The van der Waals surface area contributed by atoms with Gasteiger partial charge in [0.25, 0.3) is 5.91 Å². The summed E-state index contributed by atoms with van der Waals surface area (Å²) in [5, 5.41) is 2.62. The van der Waals surface area contributed by atoms with E-state index in [2.05, 4.69) is 0 Å². The summed E-state index contributed by atoms with van der Waals surface area (Å²) < 4.78 is 51.4. The largest absolute Gasteiger partial charge is 0.471 e. The van der Waals surface area contributed by atoms with Crippen molar-refractivity contribution in [1.82, 2.24) is 0 Å². The first-order chi connectivity index (χ1) is 15.6. The second-order valence-corrected chi connectivity index (χ2v) is 8.28. The van der Waals surface area contributed by atoms with Crippen LogP contribution in [0, 0.1) is 5.82 Å². The number of carbonyl (C=O) groups excluding carboxylic acids is 2. The molecule has 0 saturated heterocycles. The van der Waals surface area contributed by atoms with Crippen LogP contribution in [0.15, 0.2) is 72.8 Å². The van der Waals surface area contributed by atoms with Gasteiger partial charge in [-0.15, -0.1) is 11.3 Å². The molecule has 0 unspecified atom stereocenters. The van der Waals surface area contributed by atoms with E-state index >= 15 is 0 Å². The maximum Gasteiger partial charge on any atom is 0.471 e. The fourth-order valence-corrected chi connectivity index (χ4v) is 4.36. The average Bonchev–Trinajstić information content (AvgIpc) is 3.23. The van der Waals surface area contributed by atoms with E-state index in [-0.39, 0.29) is 17.4 Å². The molecule has 1 N–H and O–H groups in total. The Balaban J connectivity index is 1.58. The first kappa shape index (κ1) is 22.5. The van der Waals surface area contributed by atoms with Gasteiger partial charge in [-0.25, -0.2) is 4.39 Å². The molecule has 0 aliphatic heterocycles. The van der Waals surface area contributed by atoms with E-state index in [1.165, 1.54) is 52.6 Å². The van der Waals surface area contributed by atoms with Gasteiger partial charge in [-0.05, 0) is 59.7 Å². The molecular weight excluding hydrogens is 456 g/mol. The molecule has 168 valence electrons. The molecule has 1 aromatic heterocycles. The molecule has 4 aromatic rings. The molecule has 0 bridgehead atoms. The van der Waals surface area contributed by atoms with Crippen molar-refractivity contribution in [1.29, 1.82) is 0 Å². The molecule has 0 saturated carbocycles. The number of hydrogen-bond acceptors (Lipinski definition) is 3. The number of benzene rings is 3. The highest BCUT2D eigenvalue weighted by Crippen LogP contribution is 2.35. The Kier molecular flexibility index (Phi) is 5.90. The molecule has 4 rings (SSSR count). The van der Waals surface area contributed by atoms with E-state index in [1.54, 1.807) is 30.6 Å². The highest BCUT2D eigenvalue weighted by atomic mass is 32.1. The number of anilines is 2. The first-order valence-corrected chi connectivity index (χ1v) is 10.5. The third kappa shape index (κ3) is 4.73. The molecule has 33 heavy (non-hydrogen) atoms. The number of hydrogen-bond donors (Lipinski definition) is 1. The number of amides is 2. The summed E-state index contributed by atoms with van der Waals surface area (Å²) in [5.74, 6) is -2.70. The smallest absolute Gasteiger partial charge is 0.318 e. The summed E-state index contributed by atoms with van der Waals surface area (Å²) in [6.07, 6.45) is -4.99. The second-order valence-electron chi connectivity index (χ2n) is 7.20. The Hall–Kier alpha value is -3.72. The van der Waals surface area contributed by atoms with Crippen LogP contribution < -0.4 is 10.2 Å². The lowest BCUT2D eigenvalue weighted by Crippen LogP contribution is -2.30. The maximum absolute atomic E-state index is 13.3. The summed E-state index contributed by atoms with van der Waals surface area (Å²) >= 11 is 1.31. The second kappa shape index (κ2) is 8.67. The number of nitrogens with one attached hydrogen (secondary N) is 1. The molecule has 0 fully saturated rings. The number of halogens is 4. The predicted molar refractivity (Wildman–Crippen MR) is 121 cm³/mol. The lowest BCUT2D eigenvalue weighted by molar-refractivity contribution is -0.167. The molecule has 0 radical (unpaired) electrons. The van der Waals surface area contributed by atoms with Crippen LogP contribution in [0.5, 0.6) is 0 Å². The molecule has 0 aliphatic carbocycles. The third-order valence-electron chi connectivity index (χ3n) is 5.00. The van der Waals surface area contributed by atoms with Crippen molar-refractivity contribution in [3.8, 4) is 11.1 Å². The van der Waals surface area contributed by atoms with Crippen LogP contribution >= 0.6 is 11.3 Å². The van der Waals surface area contributed by atoms with Crippen molar-refractivity contribution >= 4 is 44.6 Å². The van der Waals surface area contributed by atoms with Crippen LogP contribution in [-0.2, 0) is 4.79 Å². The Morgan fingerprint density at radius 2 is 1.61 bits per heavy atom. The van der Waals surface area contributed by atoms with E-state index < -0.39 is 12.1 Å². The van der Waals surface area contributed by atoms with Gasteiger partial charge < -0.3 is 10.2 Å². The molecule has 4 nitrogen and oxygen atoms in total. The SMILES string of the molecule is CN(C(=O)c1cc2c(-c3ccc(F)cc3)cccc2s1)c1ccc(NC(=O)C(F)(F)F)cc1. The van der Waals surface area contributed by atoms with E-state index in [1.807, 2.05) is 18.2 Å². The van der Waals surface area contributed by atoms with Gasteiger partial charge in [0.1, 0.15) is 5.82 Å². The van der Waals surface area contributed by atoms with Gasteiger partial charge in [-0.2, -0.15) is 13.2 Å². The van der Waals surface area contributed by atoms with Crippen molar-refractivity contribution in [2.24, 2.45) is 0 Å². The maximum atomic E-state index is 13.3. The van der Waals surface area contributed by atoms with Gasteiger partial charge in [-0.3, -0.25) is 9.59 Å². The van der Waals surface area contributed by atoms with Crippen molar-refractivity contribution in [2.45, 2.75) is 6.18 Å². The van der Waals surface area contributed by atoms with Crippen molar-refractivity contribution in [3.63, 3.8) is 0 Å². The van der Waals surface area contributed by atoms with Crippen LogP contribution in [0.1, 0.15) is 9.67 Å². The molecule has 3 aromatic carbocycles. The summed E-state index contributed by atoms with van der Waals surface area (Å²) in [6, 6.07) is 19.0. The van der Waals surface area contributed by atoms with Crippen molar-refractivity contribution in [2.75, 3.05) is 17.3 Å². The number of thiophene rings is 1. The predicted octanol–water partition coefficient (Wildman–Crippen LogP) is 6.48. The minimum atomic E-state index is -4.99. The summed E-state index contributed by atoms with van der Waals surface area (Å²) in [7, 11) is 1.55. The highest BCUT2D eigenvalue weighted by Gasteiger charge is 2.38. The van der Waals surface area contributed by atoms with Gasteiger partial charge in [-0.1, -0.05) is 24.3 Å².